The number of halogens is 2. The van der Waals surface area contributed by atoms with E-state index in [2.05, 4.69) is 41.2 Å². The topological polar surface area (TPSA) is 85.5 Å². The number of rotatable bonds is 8. The predicted molar refractivity (Wildman–Crippen MR) is 165 cm³/mol. The summed E-state index contributed by atoms with van der Waals surface area (Å²) in [5, 5.41) is 8.77. The molecular formula is C33H38F2N6O3. The minimum Gasteiger partial charge on any atom is -0.491 e. The predicted octanol–water partition coefficient (Wildman–Crippen LogP) is 5.98. The quantitative estimate of drug-likeness (QED) is 0.246. The Hall–Kier alpha value is -4.28. The number of piperidine rings is 1. The highest BCUT2D eigenvalue weighted by Gasteiger charge is 2.40. The van der Waals surface area contributed by atoms with Crippen LogP contribution in [0.3, 0.4) is 0 Å². The van der Waals surface area contributed by atoms with Crippen LogP contribution in [0.1, 0.15) is 75.8 Å². The fourth-order valence-electron chi connectivity index (χ4n) is 6.35. The lowest BCUT2D eigenvalue weighted by Gasteiger charge is -2.45. The van der Waals surface area contributed by atoms with Gasteiger partial charge in [-0.1, -0.05) is 17.3 Å². The lowest BCUT2D eigenvalue weighted by atomic mass is 9.87. The molecule has 9 nitrogen and oxygen atoms in total. The maximum atomic E-state index is 14.7. The molecule has 2 aromatic heterocycles. The lowest BCUT2D eigenvalue weighted by molar-refractivity contribution is 0.0307. The molecule has 232 valence electrons. The third kappa shape index (κ3) is 5.11. The Morgan fingerprint density at radius 3 is 2.41 bits per heavy atom. The molecule has 1 amide bonds. The summed E-state index contributed by atoms with van der Waals surface area (Å²) in [6.07, 6.45) is 6.45. The molecule has 0 bridgehead atoms. The van der Waals surface area contributed by atoms with Crippen molar-refractivity contribution in [2.75, 3.05) is 31.6 Å². The van der Waals surface area contributed by atoms with Gasteiger partial charge in [0.05, 0.1) is 30.3 Å². The summed E-state index contributed by atoms with van der Waals surface area (Å²) in [6.45, 7) is 10.4. The molecule has 3 heterocycles. The molecule has 0 N–H and O–H groups in total. The molecule has 2 aromatic carbocycles. The Bertz CT molecular complexity index is 1770. The molecule has 1 aliphatic heterocycles. The Balaban J connectivity index is 1.32. The molecule has 6 rings (SSSR count). The van der Waals surface area contributed by atoms with E-state index in [4.69, 9.17) is 4.74 Å². The molecule has 0 radical (unpaired) electrons. The van der Waals surface area contributed by atoms with Crippen molar-refractivity contribution in [2.45, 2.75) is 71.0 Å². The monoisotopic (exact) mass is 604 g/mol. The van der Waals surface area contributed by atoms with Gasteiger partial charge in [0.1, 0.15) is 11.3 Å². The summed E-state index contributed by atoms with van der Waals surface area (Å²) in [5.41, 5.74) is 1.75. The second kappa shape index (κ2) is 11.3. The standard InChI is InChI=1S/C33H38F2N6O3/c1-6-38(7-2)21-10-8-20(9-11-21)27-19-41(37-36-27)23-14-15-33(3,4)40(17-23)32(43)25-18-39(22-12-13-22)29-24(30(25)42)16-26(34)28(35)31(29)44-5/h8-11,16,18-19,22-23H,6-7,12-15,17H2,1-5H3. The number of pyridine rings is 1. The molecule has 2 aliphatic rings. The number of amides is 1. The molecule has 4 aromatic rings. The van der Waals surface area contributed by atoms with Gasteiger partial charge in [0.25, 0.3) is 5.91 Å². The van der Waals surface area contributed by atoms with Crippen LogP contribution in [-0.2, 0) is 0 Å². The first kappa shape index (κ1) is 29.8. The summed E-state index contributed by atoms with van der Waals surface area (Å²) in [4.78, 5) is 31.9. The Morgan fingerprint density at radius 1 is 1.07 bits per heavy atom. The van der Waals surface area contributed by atoms with Gasteiger partial charge in [0, 0.05) is 48.7 Å². The Morgan fingerprint density at radius 2 is 1.77 bits per heavy atom. The fraction of sp³-hybridized carbons (Fsp3) is 0.455. The SMILES string of the molecule is CCN(CC)c1ccc(-c2cn(C3CCC(C)(C)N(C(=O)c4cn(C5CC5)c5c(OC)c(F)c(F)cc5c4=O)C3)nn2)cc1. The Labute approximate surface area is 255 Å². The molecule has 1 atom stereocenters. The number of hydrogen-bond acceptors (Lipinski definition) is 6. The zero-order valence-electron chi connectivity index (χ0n) is 25.8. The number of benzene rings is 2. The summed E-state index contributed by atoms with van der Waals surface area (Å²) >= 11 is 0. The van der Waals surface area contributed by atoms with Gasteiger partial charge in [-0.3, -0.25) is 9.59 Å². The number of hydrogen-bond donors (Lipinski definition) is 0. The van der Waals surface area contributed by atoms with Crippen molar-refractivity contribution in [3.63, 3.8) is 0 Å². The first-order chi connectivity index (χ1) is 21.1. The van der Waals surface area contributed by atoms with Crippen LogP contribution in [0.15, 0.2) is 47.5 Å². The summed E-state index contributed by atoms with van der Waals surface area (Å²) in [5.74, 6) is -3.12. The van der Waals surface area contributed by atoms with Crippen molar-refractivity contribution in [1.82, 2.24) is 24.5 Å². The van der Waals surface area contributed by atoms with Crippen LogP contribution in [0, 0.1) is 11.6 Å². The van der Waals surface area contributed by atoms with Crippen LogP contribution in [-0.4, -0.2) is 62.7 Å². The van der Waals surface area contributed by atoms with E-state index >= 15 is 0 Å². The van der Waals surface area contributed by atoms with Crippen molar-refractivity contribution in [3.8, 4) is 17.0 Å². The van der Waals surface area contributed by atoms with Gasteiger partial charge in [0.2, 0.25) is 11.2 Å². The number of carbonyl (C=O) groups excluding carboxylic acids is 1. The summed E-state index contributed by atoms with van der Waals surface area (Å²) in [6, 6.07) is 8.94. The second-order valence-corrected chi connectivity index (χ2v) is 12.3. The molecule has 2 fully saturated rings. The van der Waals surface area contributed by atoms with E-state index in [-0.39, 0.29) is 34.3 Å². The number of fused-ring (bicyclic) bond motifs is 1. The zero-order valence-corrected chi connectivity index (χ0v) is 25.8. The average molecular weight is 605 g/mol. The van der Waals surface area contributed by atoms with E-state index in [9.17, 15) is 18.4 Å². The zero-order chi connectivity index (χ0) is 31.3. The van der Waals surface area contributed by atoms with E-state index in [1.165, 1.54) is 13.3 Å². The fourth-order valence-corrected chi connectivity index (χ4v) is 6.35. The summed E-state index contributed by atoms with van der Waals surface area (Å²) < 4.78 is 37.9. The smallest absolute Gasteiger partial charge is 0.259 e. The van der Waals surface area contributed by atoms with Crippen molar-refractivity contribution in [1.29, 1.82) is 0 Å². The number of nitrogens with zero attached hydrogens (tertiary/aromatic N) is 6. The number of likely N-dealkylation sites (tertiary alicyclic amines) is 1. The van der Waals surface area contributed by atoms with Crippen molar-refractivity contribution < 1.29 is 18.3 Å². The van der Waals surface area contributed by atoms with Crippen molar-refractivity contribution >= 4 is 22.5 Å². The minimum absolute atomic E-state index is 0.0276. The van der Waals surface area contributed by atoms with Crippen LogP contribution >= 0.6 is 0 Å². The highest BCUT2D eigenvalue weighted by atomic mass is 19.2. The second-order valence-electron chi connectivity index (χ2n) is 12.3. The average Bonchev–Trinajstić information content (AvgIpc) is 3.74. The highest BCUT2D eigenvalue weighted by molar-refractivity contribution is 5.99. The van der Waals surface area contributed by atoms with E-state index in [0.29, 0.717) is 13.0 Å². The van der Waals surface area contributed by atoms with Crippen LogP contribution < -0.4 is 15.1 Å². The lowest BCUT2D eigenvalue weighted by Crippen LogP contribution is -2.54. The van der Waals surface area contributed by atoms with Gasteiger partial charge in [-0.25, -0.2) is 9.07 Å². The van der Waals surface area contributed by atoms with E-state index in [0.717, 1.165) is 55.4 Å². The maximum absolute atomic E-state index is 14.7. The first-order valence-electron chi connectivity index (χ1n) is 15.3. The van der Waals surface area contributed by atoms with E-state index in [1.54, 1.807) is 14.1 Å². The van der Waals surface area contributed by atoms with Gasteiger partial charge in [0.15, 0.2) is 11.6 Å². The van der Waals surface area contributed by atoms with Crippen molar-refractivity contribution in [3.05, 3.63) is 70.1 Å². The number of aromatic nitrogens is 4. The molecule has 1 aliphatic carbocycles. The third-order valence-corrected chi connectivity index (χ3v) is 9.18. The molecule has 44 heavy (non-hydrogen) atoms. The molecule has 11 heteroatoms. The minimum atomic E-state index is -1.19. The normalized spacial score (nSPS) is 18.1. The number of ether oxygens (including phenoxy) is 1. The third-order valence-electron chi connectivity index (χ3n) is 9.18. The van der Waals surface area contributed by atoms with Crippen molar-refractivity contribution in [2.24, 2.45) is 0 Å². The molecule has 1 unspecified atom stereocenters. The highest BCUT2D eigenvalue weighted by Crippen LogP contribution is 2.41. The van der Waals surface area contributed by atoms with Gasteiger partial charge in [-0.2, -0.15) is 4.39 Å². The van der Waals surface area contributed by atoms with Gasteiger partial charge in [-0.05, 0) is 71.6 Å². The van der Waals surface area contributed by atoms with Crippen LogP contribution in [0.5, 0.6) is 5.75 Å². The largest absolute Gasteiger partial charge is 0.491 e. The maximum Gasteiger partial charge on any atom is 0.259 e. The van der Waals surface area contributed by atoms with Gasteiger partial charge in [-0.15, -0.1) is 5.10 Å². The van der Waals surface area contributed by atoms with Gasteiger partial charge >= 0.3 is 0 Å². The number of anilines is 1. The molecule has 1 saturated heterocycles. The molecule has 1 saturated carbocycles. The summed E-state index contributed by atoms with van der Waals surface area (Å²) in [7, 11) is 1.24. The van der Waals surface area contributed by atoms with Crippen LogP contribution in [0.2, 0.25) is 0 Å². The molecule has 0 spiro atoms. The van der Waals surface area contributed by atoms with E-state index < -0.39 is 28.5 Å². The van der Waals surface area contributed by atoms with Crippen LogP contribution in [0.25, 0.3) is 22.2 Å². The van der Waals surface area contributed by atoms with Gasteiger partial charge < -0.3 is 19.1 Å². The Kier molecular flexibility index (Phi) is 7.67. The van der Waals surface area contributed by atoms with Crippen LogP contribution in [0.4, 0.5) is 14.5 Å². The first-order valence-corrected chi connectivity index (χ1v) is 15.3. The van der Waals surface area contributed by atoms with E-state index in [1.807, 2.05) is 32.2 Å². The molecular weight excluding hydrogens is 566 g/mol. The number of carbonyl (C=O) groups is 1. The number of methoxy groups -OCH3 is 1.